The first-order valence-corrected chi connectivity index (χ1v) is 19.5. The molecule has 9 aromatic carbocycles. The first kappa shape index (κ1) is 31.6. The lowest BCUT2D eigenvalue weighted by atomic mass is 9.98. The number of nitrogens with zero attached hydrogens (tertiary/aromatic N) is 1. The minimum Gasteiger partial charge on any atom is -0.456 e. The van der Waals surface area contributed by atoms with Gasteiger partial charge in [0, 0.05) is 48.0 Å². The molecule has 55 heavy (non-hydrogen) atoms. The quantitative estimate of drug-likeness (QED) is 0.170. The third-order valence-electron chi connectivity index (χ3n) is 10.8. The summed E-state index contributed by atoms with van der Waals surface area (Å²) in [6.07, 6.45) is 0. The average molecular weight is 720 g/mol. The number of fused-ring (bicyclic) bond motifs is 7. The van der Waals surface area contributed by atoms with Gasteiger partial charge in [-0.2, -0.15) is 0 Å². The summed E-state index contributed by atoms with van der Waals surface area (Å²) in [4.78, 5) is 2.38. The number of furan rings is 1. The van der Waals surface area contributed by atoms with Crippen molar-refractivity contribution in [2.45, 2.75) is 0 Å². The van der Waals surface area contributed by atoms with E-state index in [2.05, 4.69) is 193 Å². The molecule has 0 N–H and O–H groups in total. The standard InChI is InChI=1S/C52H33NOS/c1-2-11-36-30-38(23-22-34(36)10-1)37-12-7-14-42(31-37)53(41-27-24-35(25-28-41)39-26-29-46-45-16-3-5-19-48(45)54-49(46)33-39)43-15-8-13-40(32-43)44-18-9-21-51-52(44)47-17-4-6-20-50(47)55-51/h1-33H. The molecule has 11 aromatic rings. The zero-order valence-corrected chi connectivity index (χ0v) is 30.6. The van der Waals surface area contributed by atoms with Crippen LogP contribution in [0, 0.1) is 0 Å². The minimum absolute atomic E-state index is 0.903. The molecular formula is C52H33NOS. The lowest BCUT2D eigenvalue weighted by molar-refractivity contribution is 0.669. The van der Waals surface area contributed by atoms with Crippen molar-refractivity contribution in [2.24, 2.45) is 0 Å². The molecule has 0 unspecified atom stereocenters. The normalized spacial score (nSPS) is 11.6. The topological polar surface area (TPSA) is 16.4 Å². The summed E-state index contributed by atoms with van der Waals surface area (Å²) < 4.78 is 8.87. The molecule has 0 saturated heterocycles. The molecule has 2 heterocycles. The number of anilines is 3. The molecule has 0 aliphatic rings. The first-order chi connectivity index (χ1) is 27.2. The van der Waals surface area contributed by atoms with Gasteiger partial charge in [0.2, 0.25) is 0 Å². The van der Waals surface area contributed by atoms with Crippen LogP contribution in [0.3, 0.4) is 0 Å². The lowest BCUT2D eigenvalue weighted by Crippen LogP contribution is -2.10. The van der Waals surface area contributed by atoms with Gasteiger partial charge in [0.15, 0.2) is 0 Å². The Morgan fingerprint density at radius 2 is 0.964 bits per heavy atom. The van der Waals surface area contributed by atoms with Gasteiger partial charge in [-0.1, -0.05) is 127 Å². The van der Waals surface area contributed by atoms with Crippen LogP contribution < -0.4 is 4.90 Å². The van der Waals surface area contributed by atoms with E-state index >= 15 is 0 Å². The van der Waals surface area contributed by atoms with Crippen LogP contribution in [0.1, 0.15) is 0 Å². The first-order valence-electron chi connectivity index (χ1n) is 18.7. The number of hydrogen-bond donors (Lipinski definition) is 0. The molecule has 0 aliphatic heterocycles. The van der Waals surface area contributed by atoms with E-state index in [1.54, 1.807) is 0 Å². The van der Waals surface area contributed by atoms with E-state index in [1.165, 1.54) is 53.2 Å². The molecule has 0 fully saturated rings. The summed E-state index contributed by atoms with van der Waals surface area (Å²) in [7, 11) is 0. The Balaban J connectivity index is 1.04. The smallest absolute Gasteiger partial charge is 0.136 e. The number of hydrogen-bond acceptors (Lipinski definition) is 3. The van der Waals surface area contributed by atoms with Crippen LogP contribution in [-0.2, 0) is 0 Å². The average Bonchev–Trinajstić information content (AvgIpc) is 3.82. The van der Waals surface area contributed by atoms with Gasteiger partial charge < -0.3 is 9.32 Å². The Morgan fingerprint density at radius 3 is 1.84 bits per heavy atom. The van der Waals surface area contributed by atoms with Crippen LogP contribution in [0.4, 0.5) is 17.1 Å². The fourth-order valence-electron chi connectivity index (χ4n) is 8.18. The van der Waals surface area contributed by atoms with Crippen molar-refractivity contribution in [1.29, 1.82) is 0 Å². The van der Waals surface area contributed by atoms with Gasteiger partial charge in [-0.3, -0.25) is 0 Å². The van der Waals surface area contributed by atoms with E-state index < -0.39 is 0 Å². The van der Waals surface area contributed by atoms with Crippen molar-refractivity contribution in [3.63, 3.8) is 0 Å². The van der Waals surface area contributed by atoms with Crippen molar-refractivity contribution >= 4 is 81.3 Å². The maximum Gasteiger partial charge on any atom is 0.136 e. The van der Waals surface area contributed by atoms with E-state index in [0.717, 1.165) is 50.1 Å². The van der Waals surface area contributed by atoms with Gasteiger partial charge in [-0.25, -0.2) is 0 Å². The molecule has 0 radical (unpaired) electrons. The molecule has 2 aromatic heterocycles. The Hall–Kier alpha value is -6.94. The molecular weight excluding hydrogens is 687 g/mol. The number of thiophene rings is 1. The van der Waals surface area contributed by atoms with Gasteiger partial charge in [0.25, 0.3) is 0 Å². The molecule has 0 atom stereocenters. The van der Waals surface area contributed by atoms with Crippen molar-refractivity contribution < 1.29 is 4.42 Å². The van der Waals surface area contributed by atoms with E-state index in [0.29, 0.717) is 0 Å². The van der Waals surface area contributed by atoms with Crippen LogP contribution in [0.2, 0.25) is 0 Å². The third kappa shape index (κ3) is 5.48. The molecule has 0 aliphatic carbocycles. The maximum absolute atomic E-state index is 6.25. The predicted molar refractivity (Wildman–Crippen MR) is 235 cm³/mol. The second kappa shape index (κ2) is 12.9. The van der Waals surface area contributed by atoms with Gasteiger partial charge >= 0.3 is 0 Å². The molecule has 11 rings (SSSR count). The Kier molecular flexibility index (Phi) is 7.39. The highest BCUT2D eigenvalue weighted by Gasteiger charge is 2.17. The lowest BCUT2D eigenvalue weighted by Gasteiger charge is -2.27. The zero-order valence-electron chi connectivity index (χ0n) is 29.8. The van der Waals surface area contributed by atoms with Gasteiger partial charge in [0.1, 0.15) is 11.2 Å². The number of para-hydroxylation sites is 1. The second-order valence-electron chi connectivity index (χ2n) is 14.1. The highest BCUT2D eigenvalue weighted by Crippen LogP contribution is 2.43. The fourth-order valence-corrected chi connectivity index (χ4v) is 9.31. The Labute approximate surface area is 322 Å². The summed E-state index contributed by atoms with van der Waals surface area (Å²) in [5.41, 5.74) is 12.2. The van der Waals surface area contributed by atoms with Crippen molar-refractivity contribution in [2.75, 3.05) is 4.90 Å². The van der Waals surface area contributed by atoms with E-state index in [9.17, 15) is 0 Å². The molecule has 2 nitrogen and oxygen atoms in total. The molecule has 258 valence electrons. The highest BCUT2D eigenvalue weighted by molar-refractivity contribution is 7.25. The van der Waals surface area contributed by atoms with Crippen molar-refractivity contribution in [3.05, 3.63) is 200 Å². The molecule has 0 saturated carbocycles. The molecule has 0 bridgehead atoms. The molecule has 0 spiro atoms. The van der Waals surface area contributed by atoms with Crippen molar-refractivity contribution in [3.8, 4) is 33.4 Å². The Bertz CT molecular complexity index is 3220. The van der Waals surface area contributed by atoms with Gasteiger partial charge in [-0.15, -0.1) is 11.3 Å². The number of rotatable bonds is 6. The minimum atomic E-state index is 0.903. The molecule has 0 amide bonds. The van der Waals surface area contributed by atoms with E-state index in [-0.39, 0.29) is 0 Å². The van der Waals surface area contributed by atoms with Crippen LogP contribution in [-0.4, -0.2) is 0 Å². The largest absolute Gasteiger partial charge is 0.456 e. The van der Waals surface area contributed by atoms with E-state index in [1.807, 2.05) is 23.5 Å². The summed E-state index contributed by atoms with van der Waals surface area (Å²) in [6, 6.07) is 72.3. The molecule has 3 heteroatoms. The van der Waals surface area contributed by atoms with Gasteiger partial charge in [-0.05, 0) is 117 Å². The maximum atomic E-state index is 6.25. The number of benzene rings is 9. The predicted octanol–water partition coefficient (Wildman–Crippen LogP) is 15.6. The SMILES string of the molecule is c1cc(-c2ccc3ccccc3c2)cc(N(c2ccc(-c3ccc4c(c3)oc3ccccc34)cc2)c2cccc(-c3cccc4sc5ccccc5c34)c2)c1. The third-order valence-corrected chi connectivity index (χ3v) is 12.0. The fraction of sp³-hybridized carbons (Fsp3) is 0. The van der Waals surface area contributed by atoms with Crippen LogP contribution in [0.25, 0.3) is 86.3 Å². The summed E-state index contributed by atoms with van der Waals surface area (Å²) in [5.74, 6) is 0. The highest BCUT2D eigenvalue weighted by atomic mass is 32.1. The van der Waals surface area contributed by atoms with Gasteiger partial charge in [0.05, 0.1) is 0 Å². The summed E-state index contributed by atoms with van der Waals surface area (Å²) >= 11 is 1.86. The van der Waals surface area contributed by atoms with Crippen LogP contribution >= 0.6 is 11.3 Å². The van der Waals surface area contributed by atoms with E-state index in [4.69, 9.17) is 4.42 Å². The zero-order chi connectivity index (χ0) is 36.3. The monoisotopic (exact) mass is 719 g/mol. The van der Waals surface area contributed by atoms with Crippen molar-refractivity contribution in [1.82, 2.24) is 0 Å². The Morgan fingerprint density at radius 1 is 0.345 bits per heavy atom. The summed E-state index contributed by atoms with van der Waals surface area (Å²) in [5, 5.41) is 7.39. The summed E-state index contributed by atoms with van der Waals surface area (Å²) in [6.45, 7) is 0. The van der Waals surface area contributed by atoms with Crippen LogP contribution in [0.5, 0.6) is 0 Å². The van der Waals surface area contributed by atoms with Crippen LogP contribution in [0.15, 0.2) is 205 Å². The second-order valence-corrected chi connectivity index (χ2v) is 15.2.